The van der Waals surface area contributed by atoms with Gasteiger partial charge in [-0.2, -0.15) is 13.2 Å². The van der Waals surface area contributed by atoms with Gasteiger partial charge in [0.15, 0.2) is 5.76 Å². The standard InChI is InChI=1S/C29H29F3N4O4/c1-7-22(33-17(2)20-8-10-21(11-9-20)29(30,31)32)16-39-26-12-23(38-6)13-27-24(26)14-28(40-27)25-15-36(18(3)34-25)35-19(4)37-5/h7-15H,16H2,1-6H3/b22-7-,33-17+,35-19+. The van der Waals surface area contributed by atoms with Crippen molar-refractivity contribution in [1.82, 2.24) is 9.66 Å². The van der Waals surface area contributed by atoms with E-state index in [9.17, 15) is 13.2 Å². The van der Waals surface area contributed by atoms with E-state index in [1.165, 1.54) is 12.1 Å². The van der Waals surface area contributed by atoms with Crippen molar-refractivity contribution in [3.63, 3.8) is 0 Å². The van der Waals surface area contributed by atoms with Gasteiger partial charge in [0.2, 0.25) is 5.90 Å². The maximum absolute atomic E-state index is 12.9. The summed E-state index contributed by atoms with van der Waals surface area (Å²) in [4.78, 5) is 9.12. The lowest BCUT2D eigenvalue weighted by molar-refractivity contribution is -0.137. The third-order valence-electron chi connectivity index (χ3n) is 6.11. The fraction of sp³-hybridized carbons (Fsp3) is 0.276. The van der Waals surface area contributed by atoms with Crippen molar-refractivity contribution in [3.05, 3.63) is 77.4 Å². The second-order valence-corrected chi connectivity index (χ2v) is 8.83. The number of benzene rings is 2. The molecule has 4 aromatic rings. The smallest absolute Gasteiger partial charge is 0.416 e. The Hall–Kier alpha value is -4.54. The van der Waals surface area contributed by atoms with Crippen molar-refractivity contribution in [2.75, 3.05) is 20.8 Å². The molecular weight excluding hydrogens is 525 g/mol. The third-order valence-corrected chi connectivity index (χ3v) is 6.11. The van der Waals surface area contributed by atoms with E-state index in [2.05, 4.69) is 15.1 Å². The normalized spacial score (nSPS) is 13.2. The summed E-state index contributed by atoms with van der Waals surface area (Å²) in [5.74, 6) is 2.70. The molecule has 0 saturated heterocycles. The van der Waals surface area contributed by atoms with Crippen molar-refractivity contribution in [2.45, 2.75) is 33.9 Å². The van der Waals surface area contributed by atoms with Gasteiger partial charge in [-0.1, -0.05) is 18.2 Å². The van der Waals surface area contributed by atoms with Crippen molar-refractivity contribution >= 4 is 22.6 Å². The van der Waals surface area contributed by atoms with Crippen LogP contribution < -0.4 is 9.47 Å². The molecule has 2 aromatic carbocycles. The van der Waals surface area contributed by atoms with Crippen molar-refractivity contribution in [3.8, 4) is 23.0 Å². The lowest BCUT2D eigenvalue weighted by atomic mass is 10.1. The molecule has 40 heavy (non-hydrogen) atoms. The van der Waals surface area contributed by atoms with Gasteiger partial charge in [0.25, 0.3) is 0 Å². The molecule has 210 valence electrons. The van der Waals surface area contributed by atoms with E-state index in [0.29, 0.717) is 62.6 Å². The molecule has 2 heterocycles. The number of allylic oxidation sites excluding steroid dienone is 1. The average Bonchev–Trinajstić information content (AvgIpc) is 3.53. The molecule has 8 nitrogen and oxygen atoms in total. The summed E-state index contributed by atoms with van der Waals surface area (Å²) in [5.41, 5.74) is 2.15. The Bertz CT molecular complexity index is 1600. The molecule has 0 radical (unpaired) electrons. The Kier molecular flexibility index (Phi) is 8.32. The molecule has 0 N–H and O–H groups in total. The predicted octanol–water partition coefficient (Wildman–Crippen LogP) is 7.25. The number of nitrogens with zero attached hydrogens (tertiary/aromatic N) is 4. The highest BCUT2D eigenvalue weighted by atomic mass is 19.4. The van der Waals surface area contributed by atoms with Crippen LogP contribution in [-0.4, -0.2) is 42.1 Å². The molecule has 11 heteroatoms. The Balaban J connectivity index is 1.59. The fourth-order valence-corrected chi connectivity index (χ4v) is 3.83. The predicted molar refractivity (Wildman–Crippen MR) is 147 cm³/mol. The van der Waals surface area contributed by atoms with Crippen LogP contribution in [0.5, 0.6) is 11.5 Å². The Labute approximate surface area is 229 Å². The summed E-state index contributed by atoms with van der Waals surface area (Å²) >= 11 is 0. The van der Waals surface area contributed by atoms with Gasteiger partial charge in [0, 0.05) is 24.8 Å². The molecule has 2 aromatic heterocycles. The van der Waals surface area contributed by atoms with Gasteiger partial charge in [-0.15, -0.1) is 5.10 Å². The van der Waals surface area contributed by atoms with Crippen LogP contribution in [0.4, 0.5) is 13.2 Å². The van der Waals surface area contributed by atoms with Gasteiger partial charge in [-0.25, -0.2) is 9.66 Å². The molecule has 0 fully saturated rings. The second kappa shape index (κ2) is 11.7. The van der Waals surface area contributed by atoms with Gasteiger partial charge >= 0.3 is 6.18 Å². The first-order chi connectivity index (χ1) is 19.0. The number of hydrogen-bond donors (Lipinski definition) is 0. The first-order valence-electron chi connectivity index (χ1n) is 12.3. The lowest BCUT2D eigenvalue weighted by Crippen LogP contribution is -2.06. The van der Waals surface area contributed by atoms with E-state index in [1.807, 2.05) is 19.9 Å². The summed E-state index contributed by atoms with van der Waals surface area (Å²) < 4.78 is 63.1. The van der Waals surface area contributed by atoms with Crippen LogP contribution in [-0.2, 0) is 10.9 Å². The molecule has 0 bridgehead atoms. The minimum Gasteiger partial charge on any atom is -0.496 e. The van der Waals surface area contributed by atoms with E-state index in [1.54, 1.807) is 57.1 Å². The van der Waals surface area contributed by atoms with Crippen molar-refractivity contribution in [1.29, 1.82) is 0 Å². The summed E-state index contributed by atoms with van der Waals surface area (Å²) in [6, 6.07) is 10.2. The molecule has 0 atom stereocenters. The number of methoxy groups -OCH3 is 2. The van der Waals surface area contributed by atoms with Crippen molar-refractivity contribution < 1.29 is 31.8 Å². The largest absolute Gasteiger partial charge is 0.496 e. The number of halogens is 3. The first kappa shape index (κ1) is 28.5. The van der Waals surface area contributed by atoms with E-state index in [-0.39, 0.29) is 6.61 Å². The molecule has 0 saturated carbocycles. The highest BCUT2D eigenvalue weighted by molar-refractivity contribution is 5.99. The second-order valence-electron chi connectivity index (χ2n) is 8.83. The topological polar surface area (TPSA) is 83.4 Å². The van der Waals surface area contributed by atoms with Gasteiger partial charge < -0.3 is 18.6 Å². The van der Waals surface area contributed by atoms with E-state index >= 15 is 0 Å². The van der Waals surface area contributed by atoms with Crippen LogP contribution in [0.25, 0.3) is 22.4 Å². The van der Waals surface area contributed by atoms with E-state index in [4.69, 9.17) is 18.6 Å². The Morgan fingerprint density at radius 1 is 1.10 bits per heavy atom. The Morgan fingerprint density at radius 2 is 1.82 bits per heavy atom. The van der Waals surface area contributed by atoms with Crippen LogP contribution in [0.3, 0.4) is 0 Å². The number of hydrogen-bond acceptors (Lipinski definition) is 7. The molecular formula is C29H29F3N4O4. The third kappa shape index (κ3) is 6.36. The monoisotopic (exact) mass is 554 g/mol. The van der Waals surface area contributed by atoms with E-state index in [0.717, 1.165) is 12.1 Å². The minimum absolute atomic E-state index is 0.107. The van der Waals surface area contributed by atoms with Crippen molar-refractivity contribution in [2.24, 2.45) is 10.1 Å². The molecule has 0 aliphatic carbocycles. The summed E-state index contributed by atoms with van der Waals surface area (Å²) in [6.45, 7) is 7.21. The molecule has 0 aliphatic rings. The number of alkyl halides is 3. The summed E-state index contributed by atoms with van der Waals surface area (Å²) in [7, 11) is 3.09. The first-order valence-corrected chi connectivity index (χ1v) is 12.3. The van der Waals surface area contributed by atoms with Crippen LogP contribution >= 0.6 is 0 Å². The highest BCUT2D eigenvalue weighted by Crippen LogP contribution is 2.37. The zero-order chi connectivity index (χ0) is 29.0. The highest BCUT2D eigenvalue weighted by Gasteiger charge is 2.30. The van der Waals surface area contributed by atoms with Gasteiger partial charge in [-0.05, 0) is 44.5 Å². The maximum Gasteiger partial charge on any atom is 0.416 e. The lowest BCUT2D eigenvalue weighted by Gasteiger charge is -2.11. The molecule has 4 rings (SSSR count). The molecule has 0 spiro atoms. The number of ether oxygens (including phenoxy) is 3. The number of furan rings is 1. The number of fused-ring (bicyclic) bond motifs is 1. The number of imidazole rings is 1. The van der Waals surface area contributed by atoms with Gasteiger partial charge in [0.05, 0.1) is 37.1 Å². The average molecular weight is 555 g/mol. The molecule has 0 amide bonds. The summed E-state index contributed by atoms with van der Waals surface area (Å²) in [5, 5.41) is 5.04. The molecule has 0 aliphatic heterocycles. The maximum atomic E-state index is 12.9. The number of aliphatic imine (C=N–C) groups is 1. The number of aromatic nitrogens is 2. The van der Waals surface area contributed by atoms with E-state index < -0.39 is 11.7 Å². The van der Waals surface area contributed by atoms with Crippen LogP contribution in [0.1, 0.15) is 37.7 Å². The minimum atomic E-state index is -4.39. The zero-order valence-electron chi connectivity index (χ0n) is 23.0. The summed E-state index contributed by atoms with van der Waals surface area (Å²) in [6.07, 6.45) is -0.871. The number of rotatable bonds is 8. The van der Waals surface area contributed by atoms with Crippen LogP contribution in [0.2, 0.25) is 0 Å². The van der Waals surface area contributed by atoms with Gasteiger partial charge in [0.1, 0.15) is 35.2 Å². The Morgan fingerprint density at radius 3 is 2.45 bits per heavy atom. The fourth-order valence-electron chi connectivity index (χ4n) is 3.83. The zero-order valence-corrected chi connectivity index (χ0v) is 23.0. The molecule has 0 unspecified atom stereocenters. The van der Waals surface area contributed by atoms with Gasteiger partial charge in [-0.3, -0.25) is 4.99 Å². The van der Waals surface area contributed by atoms with Crippen LogP contribution in [0.15, 0.2) is 74.9 Å². The van der Waals surface area contributed by atoms with Crippen LogP contribution in [0, 0.1) is 6.92 Å². The SMILES string of the molecule is C/C=C(COc1cc(OC)cc2oc(-c3cn(/N=C(\C)OC)c(C)n3)cc12)\N=C(/C)c1ccc(C(F)(F)F)cc1. The number of aryl methyl sites for hydroxylation is 1. The quantitative estimate of drug-likeness (QED) is 0.169.